The summed E-state index contributed by atoms with van der Waals surface area (Å²) in [7, 11) is 0. The molecule has 29 heavy (non-hydrogen) atoms. The summed E-state index contributed by atoms with van der Waals surface area (Å²) in [6, 6.07) is 0. The summed E-state index contributed by atoms with van der Waals surface area (Å²) in [5.74, 6) is 0. The SMILES string of the molecule is CCCCCCCCCCCCCOOOCCCCCCCCCCCCC. The van der Waals surface area contributed by atoms with Gasteiger partial charge in [0.15, 0.2) is 0 Å². The molecule has 0 aromatic rings. The molecule has 0 rings (SSSR count). The number of rotatable bonds is 26. The molecule has 0 aromatic carbocycles. The van der Waals surface area contributed by atoms with Crippen molar-refractivity contribution in [3.05, 3.63) is 0 Å². The molecule has 3 nitrogen and oxygen atoms in total. The zero-order chi connectivity index (χ0) is 21.1. The highest BCUT2D eigenvalue weighted by Crippen LogP contribution is 2.12. The highest BCUT2D eigenvalue weighted by molar-refractivity contribution is 4.48. The van der Waals surface area contributed by atoms with E-state index in [0.717, 1.165) is 12.8 Å². The van der Waals surface area contributed by atoms with E-state index in [0.29, 0.717) is 13.2 Å². The fourth-order valence-corrected chi connectivity index (χ4v) is 3.75. The standard InChI is InChI=1S/C26H54O3/c1-3-5-7-9-11-13-15-17-19-21-23-25-27-29-28-26-24-22-20-18-16-14-12-10-8-6-4-2/h3-26H2,1-2H3. The van der Waals surface area contributed by atoms with Crippen LogP contribution < -0.4 is 0 Å². The third-order valence-corrected chi connectivity index (χ3v) is 5.76. The minimum absolute atomic E-state index is 0.648. The Balaban J connectivity index is 2.97. The van der Waals surface area contributed by atoms with Gasteiger partial charge in [0.25, 0.3) is 0 Å². The molecule has 0 saturated carbocycles. The molecule has 0 atom stereocenters. The first-order chi connectivity index (χ1) is 14.4. The Morgan fingerprint density at radius 1 is 0.310 bits per heavy atom. The van der Waals surface area contributed by atoms with Crippen molar-refractivity contribution in [2.45, 2.75) is 155 Å². The van der Waals surface area contributed by atoms with Crippen molar-refractivity contribution in [2.24, 2.45) is 0 Å². The van der Waals surface area contributed by atoms with Gasteiger partial charge < -0.3 is 0 Å². The van der Waals surface area contributed by atoms with E-state index >= 15 is 0 Å². The minimum atomic E-state index is 0.648. The Morgan fingerprint density at radius 3 is 0.828 bits per heavy atom. The fraction of sp³-hybridized carbons (Fsp3) is 1.00. The average Bonchev–Trinajstić information content (AvgIpc) is 2.74. The Hall–Kier alpha value is -0.120. The smallest absolute Gasteiger partial charge is 0.0853 e. The molecule has 0 aromatic heterocycles. The average molecular weight is 415 g/mol. The summed E-state index contributed by atoms with van der Waals surface area (Å²) in [4.78, 5) is 10.2. The Bertz CT molecular complexity index is 245. The summed E-state index contributed by atoms with van der Waals surface area (Å²) in [5.41, 5.74) is 0. The molecular formula is C26H54O3. The van der Waals surface area contributed by atoms with Crippen LogP contribution in [0.15, 0.2) is 0 Å². The summed E-state index contributed by atoms with van der Waals surface area (Å²) in [6.07, 6.45) is 29.6. The normalized spacial score (nSPS) is 11.4. The minimum Gasteiger partial charge on any atom is -0.206 e. The van der Waals surface area contributed by atoms with Crippen LogP contribution in [0.2, 0.25) is 0 Å². The number of hydrogen-bond donors (Lipinski definition) is 0. The molecule has 0 bridgehead atoms. The van der Waals surface area contributed by atoms with Gasteiger partial charge in [-0.3, -0.25) is 0 Å². The van der Waals surface area contributed by atoms with E-state index in [1.54, 1.807) is 0 Å². The second-order valence-electron chi connectivity index (χ2n) is 8.78. The summed E-state index contributed by atoms with van der Waals surface area (Å²) >= 11 is 0. The second kappa shape index (κ2) is 27.9. The summed E-state index contributed by atoms with van der Waals surface area (Å²) in [6.45, 7) is 5.85. The molecule has 0 aliphatic heterocycles. The van der Waals surface area contributed by atoms with Crippen molar-refractivity contribution in [3.8, 4) is 0 Å². The first-order valence-electron chi connectivity index (χ1n) is 13.3. The van der Waals surface area contributed by atoms with E-state index in [-0.39, 0.29) is 0 Å². The van der Waals surface area contributed by atoms with E-state index in [2.05, 4.69) is 13.8 Å². The topological polar surface area (TPSA) is 27.7 Å². The second-order valence-corrected chi connectivity index (χ2v) is 8.78. The van der Waals surface area contributed by atoms with E-state index in [1.165, 1.54) is 128 Å². The number of unbranched alkanes of at least 4 members (excludes halogenated alkanes) is 20. The van der Waals surface area contributed by atoms with E-state index in [4.69, 9.17) is 14.8 Å². The van der Waals surface area contributed by atoms with Crippen molar-refractivity contribution in [1.29, 1.82) is 0 Å². The lowest BCUT2D eigenvalue weighted by Gasteiger charge is -2.05. The van der Waals surface area contributed by atoms with Crippen molar-refractivity contribution in [1.82, 2.24) is 0 Å². The van der Waals surface area contributed by atoms with Crippen LogP contribution in [0.3, 0.4) is 0 Å². The maximum absolute atomic E-state index is 5.09. The van der Waals surface area contributed by atoms with Crippen LogP contribution in [0.5, 0.6) is 0 Å². The molecule has 176 valence electrons. The third-order valence-electron chi connectivity index (χ3n) is 5.76. The monoisotopic (exact) mass is 414 g/mol. The van der Waals surface area contributed by atoms with Crippen LogP contribution in [0, 0.1) is 0 Å². The molecule has 0 aliphatic carbocycles. The van der Waals surface area contributed by atoms with Crippen LogP contribution in [0.4, 0.5) is 0 Å². The predicted molar refractivity (Wildman–Crippen MR) is 126 cm³/mol. The summed E-state index contributed by atoms with van der Waals surface area (Å²) < 4.78 is 0. The lowest BCUT2D eigenvalue weighted by atomic mass is 10.1. The molecule has 0 amide bonds. The van der Waals surface area contributed by atoms with Gasteiger partial charge in [0.1, 0.15) is 0 Å². The summed E-state index contributed by atoms with van der Waals surface area (Å²) in [5, 5.41) is 4.82. The highest BCUT2D eigenvalue weighted by atomic mass is 17.5. The van der Waals surface area contributed by atoms with E-state index in [9.17, 15) is 0 Å². The Morgan fingerprint density at radius 2 is 0.552 bits per heavy atom. The van der Waals surface area contributed by atoms with Gasteiger partial charge in [0.05, 0.1) is 13.2 Å². The largest absolute Gasteiger partial charge is 0.206 e. The van der Waals surface area contributed by atoms with Crippen molar-refractivity contribution >= 4 is 0 Å². The van der Waals surface area contributed by atoms with Crippen LogP contribution in [0.25, 0.3) is 0 Å². The van der Waals surface area contributed by atoms with Crippen LogP contribution in [0.1, 0.15) is 155 Å². The fourth-order valence-electron chi connectivity index (χ4n) is 3.75. The molecule has 0 N–H and O–H groups in total. The molecule has 3 heteroatoms. The zero-order valence-electron chi connectivity index (χ0n) is 20.2. The quantitative estimate of drug-likeness (QED) is 0.0801. The lowest BCUT2D eigenvalue weighted by Crippen LogP contribution is -2.00. The highest BCUT2D eigenvalue weighted by Gasteiger charge is 1.96. The van der Waals surface area contributed by atoms with Gasteiger partial charge in [-0.15, -0.1) is 0 Å². The van der Waals surface area contributed by atoms with E-state index < -0.39 is 0 Å². The van der Waals surface area contributed by atoms with Crippen molar-refractivity contribution in [3.63, 3.8) is 0 Å². The lowest BCUT2D eigenvalue weighted by molar-refractivity contribution is -0.512. The molecule has 0 heterocycles. The maximum Gasteiger partial charge on any atom is 0.0853 e. The first kappa shape index (κ1) is 28.9. The molecule has 0 spiro atoms. The zero-order valence-corrected chi connectivity index (χ0v) is 20.2. The van der Waals surface area contributed by atoms with Crippen LogP contribution in [-0.4, -0.2) is 13.2 Å². The molecule has 0 unspecified atom stereocenters. The molecule has 0 aliphatic rings. The third kappa shape index (κ3) is 27.9. The van der Waals surface area contributed by atoms with Crippen molar-refractivity contribution in [2.75, 3.05) is 13.2 Å². The van der Waals surface area contributed by atoms with Crippen LogP contribution in [-0.2, 0) is 14.8 Å². The van der Waals surface area contributed by atoms with E-state index in [1.807, 2.05) is 0 Å². The Kier molecular flexibility index (Phi) is 27.8. The predicted octanol–water partition coefficient (Wildman–Crippen LogP) is 9.49. The maximum atomic E-state index is 5.09. The van der Waals surface area contributed by atoms with Gasteiger partial charge in [0, 0.05) is 0 Å². The van der Waals surface area contributed by atoms with Gasteiger partial charge in [-0.1, -0.05) is 147 Å². The van der Waals surface area contributed by atoms with Gasteiger partial charge in [0.2, 0.25) is 0 Å². The van der Waals surface area contributed by atoms with Gasteiger partial charge >= 0.3 is 0 Å². The van der Waals surface area contributed by atoms with Gasteiger partial charge in [-0.2, -0.15) is 0 Å². The van der Waals surface area contributed by atoms with Gasteiger partial charge in [-0.25, -0.2) is 9.78 Å². The van der Waals surface area contributed by atoms with Crippen LogP contribution >= 0.6 is 0 Å². The van der Waals surface area contributed by atoms with Gasteiger partial charge in [-0.05, 0) is 12.8 Å². The molecular weight excluding hydrogens is 360 g/mol. The number of hydrogen-bond acceptors (Lipinski definition) is 3. The van der Waals surface area contributed by atoms with Crippen molar-refractivity contribution < 1.29 is 14.8 Å². The molecule has 0 radical (unpaired) electrons. The molecule has 0 saturated heterocycles. The Labute approximate surface area is 183 Å². The first-order valence-corrected chi connectivity index (χ1v) is 13.3. The molecule has 0 fully saturated rings.